The van der Waals surface area contributed by atoms with E-state index in [2.05, 4.69) is 25.2 Å². The van der Waals surface area contributed by atoms with Crippen LogP contribution in [0.25, 0.3) is 0 Å². The summed E-state index contributed by atoms with van der Waals surface area (Å²) >= 11 is 0. The molecule has 0 unspecified atom stereocenters. The number of hydrogen-bond acceptors (Lipinski definition) is 3. The van der Waals surface area contributed by atoms with Gasteiger partial charge >= 0.3 is 0 Å². The third-order valence-electron chi connectivity index (χ3n) is 3.67. The molecule has 0 aromatic heterocycles. The normalized spacial score (nSPS) is 10.3. The van der Waals surface area contributed by atoms with Crippen LogP contribution >= 0.6 is 0 Å². The van der Waals surface area contributed by atoms with Crippen molar-refractivity contribution in [3.05, 3.63) is 59.2 Å². The van der Waals surface area contributed by atoms with Crippen LogP contribution in [0.2, 0.25) is 0 Å². The summed E-state index contributed by atoms with van der Waals surface area (Å²) in [7, 11) is 0. The van der Waals surface area contributed by atoms with Crippen LogP contribution < -0.4 is 10.1 Å². The first-order valence-electron chi connectivity index (χ1n) is 7.98. The molecule has 0 saturated carbocycles. The van der Waals surface area contributed by atoms with Gasteiger partial charge in [0.05, 0.1) is 12.5 Å². The Hall–Kier alpha value is -2.80. The van der Waals surface area contributed by atoms with Gasteiger partial charge in [-0.05, 0) is 47.7 Å². The van der Waals surface area contributed by atoms with Gasteiger partial charge in [-0.25, -0.2) is 0 Å². The number of benzene rings is 2. The van der Waals surface area contributed by atoms with Crippen LogP contribution in [0.3, 0.4) is 0 Å². The van der Waals surface area contributed by atoms with Crippen molar-refractivity contribution in [1.82, 2.24) is 0 Å². The van der Waals surface area contributed by atoms with E-state index in [1.165, 1.54) is 0 Å². The first-order chi connectivity index (χ1) is 11.5. The fraction of sp³-hybridized carbons (Fsp3) is 0.300. The highest BCUT2D eigenvalue weighted by atomic mass is 16.5. The molecule has 4 nitrogen and oxygen atoms in total. The van der Waals surface area contributed by atoms with Crippen molar-refractivity contribution in [2.75, 3.05) is 11.9 Å². The molecule has 0 aliphatic carbocycles. The maximum atomic E-state index is 12.1. The van der Waals surface area contributed by atoms with Gasteiger partial charge in [-0.15, -0.1) is 0 Å². The molecule has 0 spiro atoms. The van der Waals surface area contributed by atoms with Crippen molar-refractivity contribution in [2.24, 2.45) is 0 Å². The summed E-state index contributed by atoms with van der Waals surface area (Å²) in [5.41, 5.74) is 3.81. The van der Waals surface area contributed by atoms with E-state index in [0.717, 1.165) is 22.4 Å². The van der Waals surface area contributed by atoms with Crippen LogP contribution in [0.5, 0.6) is 5.75 Å². The van der Waals surface area contributed by atoms with Crippen LogP contribution in [-0.4, -0.2) is 12.5 Å². The number of nitrogens with zero attached hydrogens (tertiary/aromatic N) is 1. The van der Waals surface area contributed by atoms with E-state index < -0.39 is 0 Å². The van der Waals surface area contributed by atoms with E-state index in [-0.39, 0.29) is 12.5 Å². The van der Waals surface area contributed by atoms with Crippen molar-refractivity contribution in [3.8, 4) is 11.8 Å². The number of ether oxygens (including phenoxy) is 1. The number of hydrogen-bond donors (Lipinski definition) is 1. The monoisotopic (exact) mass is 322 g/mol. The Kier molecular flexibility index (Phi) is 5.97. The summed E-state index contributed by atoms with van der Waals surface area (Å²) in [5, 5.41) is 11.5. The Morgan fingerprint density at radius 2 is 1.92 bits per heavy atom. The third kappa shape index (κ3) is 4.85. The second-order valence-electron chi connectivity index (χ2n) is 6.06. The standard InChI is InChI=1S/C20H22N2O2/c1-14(2)18-9-4-15(3)12-19(18)24-13-20(23)22-17-7-5-16(6-8-17)10-11-21/h4-9,12,14H,10,13H2,1-3H3,(H,22,23). The Morgan fingerprint density at radius 1 is 1.21 bits per heavy atom. The third-order valence-corrected chi connectivity index (χ3v) is 3.67. The minimum absolute atomic E-state index is 0.0386. The van der Waals surface area contributed by atoms with Crippen molar-refractivity contribution in [1.29, 1.82) is 5.26 Å². The molecule has 24 heavy (non-hydrogen) atoms. The molecule has 0 bridgehead atoms. The molecule has 0 heterocycles. The zero-order chi connectivity index (χ0) is 17.5. The summed E-state index contributed by atoms with van der Waals surface area (Å²) in [6, 6.07) is 15.4. The number of aryl methyl sites for hydroxylation is 1. The summed E-state index contributed by atoms with van der Waals surface area (Å²) in [4.78, 5) is 12.1. The van der Waals surface area contributed by atoms with E-state index in [9.17, 15) is 4.79 Å². The minimum Gasteiger partial charge on any atom is -0.483 e. The molecule has 4 heteroatoms. The Morgan fingerprint density at radius 3 is 2.54 bits per heavy atom. The van der Waals surface area contributed by atoms with Crippen LogP contribution in [0, 0.1) is 18.3 Å². The second-order valence-corrected chi connectivity index (χ2v) is 6.06. The Labute approximate surface area is 143 Å². The summed E-state index contributed by atoms with van der Waals surface area (Å²) in [6.45, 7) is 6.16. The van der Waals surface area contributed by atoms with E-state index in [0.29, 0.717) is 18.0 Å². The van der Waals surface area contributed by atoms with Crippen LogP contribution in [0.4, 0.5) is 5.69 Å². The van der Waals surface area contributed by atoms with Crippen molar-refractivity contribution < 1.29 is 9.53 Å². The number of nitrogens with one attached hydrogen (secondary N) is 1. The van der Waals surface area contributed by atoms with Gasteiger partial charge in [0, 0.05) is 5.69 Å². The SMILES string of the molecule is Cc1ccc(C(C)C)c(OCC(=O)Nc2ccc(CC#N)cc2)c1. The molecule has 0 atom stereocenters. The van der Waals surface area contributed by atoms with Gasteiger partial charge in [-0.1, -0.05) is 38.1 Å². The van der Waals surface area contributed by atoms with Gasteiger partial charge in [-0.2, -0.15) is 5.26 Å². The molecular weight excluding hydrogens is 300 g/mol. The van der Waals surface area contributed by atoms with Gasteiger partial charge in [0.1, 0.15) is 5.75 Å². The number of carbonyl (C=O) groups is 1. The van der Waals surface area contributed by atoms with Crippen LogP contribution in [0.1, 0.15) is 36.5 Å². The number of rotatable bonds is 6. The molecule has 2 rings (SSSR count). The fourth-order valence-corrected chi connectivity index (χ4v) is 2.38. The summed E-state index contributed by atoms with van der Waals surface area (Å²) < 4.78 is 5.72. The minimum atomic E-state index is -0.209. The topological polar surface area (TPSA) is 62.1 Å². The average molecular weight is 322 g/mol. The van der Waals surface area contributed by atoms with E-state index in [1.807, 2.05) is 37.3 Å². The number of carbonyl (C=O) groups excluding carboxylic acids is 1. The highest BCUT2D eigenvalue weighted by molar-refractivity contribution is 5.91. The van der Waals surface area contributed by atoms with Crippen molar-refractivity contribution in [3.63, 3.8) is 0 Å². The zero-order valence-electron chi connectivity index (χ0n) is 14.3. The quantitative estimate of drug-likeness (QED) is 0.867. The van der Waals surface area contributed by atoms with Crippen molar-refractivity contribution >= 4 is 11.6 Å². The van der Waals surface area contributed by atoms with E-state index >= 15 is 0 Å². The second kappa shape index (κ2) is 8.16. The number of anilines is 1. The average Bonchev–Trinajstić information content (AvgIpc) is 2.55. The van der Waals surface area contributed by atoms with Crippen LogP contribution in [0.15, 0.2) is 42.5 Å². The lowest BCUT2D eigenvalue weighted by atomic mass is 10.0. The maximum absolute atomic E-state index is 12.1. The first kappa shape index (κ1) is 17.6. The lowest BCUT2D eigenvalue weighted by molar-refractivity contribution is -0.118. The first-order valence-corrected chi connectivity index (χ1v) is 7.98. The molecule has 2 aromatic rings. The Balaban J connectivity index is 1.96. The summed E-state index contributed by atoms with van der Waals surface area (Å²) in [5.74, 6) is 0.875. The smallest absolute Gasteiger partial charge is 0.262 e. The van der Waals surface area contributed by atoms with Gasteiger partial charge < -0.3 is 10.1 Å². The molecule has 124 valence electrons. The van der Waals surface area contributed by atoms with Gasteiger partial charge in [0.25, 0.3) is 5.91 Å². The highest BCUT2D eigenvalue weighted by Gasteiger charge is 2.10. The van der Waals surface area contributed by atoms with E-state index in [4.69, 9.17) is 10.00 Å². The van der Waals surface area contributed by atoms with Crippen molar-refractivity contribution in [2.45, 2.75) is 33.1 Å². The molecule has 1 amide bonds. The predicted octanol–water partition coefficient (Wildman–Crippen LogP) is 4.20. The molecule has 0 radical (unpaired) electrons. The number of amides is 1. The molecule has 0 aliphatic rings. The fourth-order valence-electron chi connectivity index (χ4n) is 2.38. The predicted molar refractivity (Wildman–Crippen MR) is 95.2 cm³/mol. The molecule has 0 saturated heterocycles. The molecular formula is C20H22N2O2. The molecule has 0 fully saturated rings. The van der Waals surface area contributed by atoms with Gasteiger partial charge in [0.2, 0.25) is 0 Å². The highest BCUT2D eigenvalue weighted by Crippen LogP contribution is 2.27. The number of nitriles is 1. The molecule has 1 N–H and O–H groups in total. The van der Waals surface area contributed by atoms with Crippen LogP contribution in [-0.2, 0) is 11.2 Å². The van der Waals surface area contributed by atoms with E-state index in [1.54, 1.807) is 12.1 Å². The lowest BCUT2D eigenvalue weighted by Gasteiger charge is -2.15. The molecule has 2 aromatic carbocycles. The Bertz CT molecular complexity index is 743. The van der Waals surface area contributed by atoms with Gasteiger partial charge in [-0.3, -0.25) is 4.79 Å². The lowest BCUT2D eigenvalue weighted by Crippen LogP contribution is -2.20. The zero-order valence-corrected chi connectivity index (χ0v) is 14.3. The molecule has 0 aliphatic heterocycles. The largest absolute Gasteiger partial charge is 0.483 e. The van der Waals surface area contributed by atoms with Gasteiger partial charge in [0.15, 0.2) is 6.61 Å². The maximum Gasteiger partial charge on any atom is 0.262 e. The summed E-state index contributed by atoms with van der Waals surface area (Å²) in [6.07, 6.45) is 0.364.